The molecule has 82 valence electrons. The average Bonchev–Trinajstić information content (AvgIpc) is 2.22. The predicted octanol–water partition coefficient (Wildman–Crippen LogP) is 1.09. The highest BCUT2D eigenvalue weighted by Crippen LogP contribution is 2.28. The van der Waals surface area contributed by atoms with E-state index >= 15 is 0 Å². The molecule has 3 N–H and O–H groups in total. The maximum absolute atomic E-state index is 11.5. The molecule has 6 heteroatoms. The topological polar surface area (TPSA) is 85.9 Å². The Morgan fingerprint density at radius 3 is 2.62 bits per heavy atom. The van der Waals surface area contributed by atoms with E-state index in [1.807, 2.05) is 0 Å². The fraction of sp³-hybridized carbons (Fsp3) is 0. The molecule has 16 heavy (non-hydrogen) atoms. The Morgan fingerprint density at radius 2 is 1.94 bits per heavy atom. The van der Waals surface area contributed by atoms with Gasteiger partial charge >= 0.3 is 5.69 Å². The number of H-pyrrole nitrogens is 2. The van der Waals surface area contributed by atoms with Crippen molar-refractivity contribution in [3.8, 4) is 16.9 Å². The van der Waals surface area contributed by atoms with Crippen LogP contribution in [-0.2, 0) is 0 Å². The van der Waals surface area contributed by atoms with Crippen molar-refractivity contribution < 1.29 is 5.11 Å². The van der Waals surface area contributed by atoms with Gasteiger partial charge in [-0.3, -0.25) is 9.78 Å². The number of hydrogen-bond acceptors (Lipinski definition) is 3. The van der Waals surface area contributed by atoms with Crippen molar-refractivity contribution in [2.45, 2.75) is 0 Å². The summed E-state index contributed by atoms with van der Waals surface area (Å²) in [6, 6.07) is 4.23. The Balaban J connectivity index is 2.72. The largest absolute Gasteiger partial charge is 0.508 e. The van der Waals surface area contributed by atoms with E-state index in [1.165, 1.54) is 24.4 Å². The summed E-state index contributed by atoms with van der Waals surface area (Å²) in [6.07, 6.45) is 1.25. The van der Waals surface area contributed by atoms with Gasteiger partial charge in [-0.2, -0.15) is 0 Å². The van der Waals surface area contributed by atoms with E-state index in [0.717, 1.165) is 0 Å². The summed E-state index contributed by atoms with van der Waals surface area (Å²) in [4.78, 5) is 26.7. The molecule has 1 heterocycles. The zero-order chi connectivity index (χ0) is 11.7. The van der Waals surface area contributed by atoms with Crippen LogP contribution in [0.3, 0.4) is 0 Å². The number of halogens is 1. The SMILES string of the molecule is O=c1[nH]cc(-c2cc(O)ccc2Cl)c(=O)[nH]1. The Morgan fingerprint density at radius 1 is 1.19 bits per heavy atom. The highest BCUT2D eigenvalue weighted by molar-refractivity contribution is 6.33. The number of rotatable bonds is 1. The first-order chi connectivity index (χ1) is 7.58. The second-order valence-corrected chi connectivity index (χ2v) is 3.56. The van der Waals surface area contributed by atoms with Crippen molar-refractivity contribution in [2.24, 2.45) is 0 Å². The van der Waals surface area contributed by atoms with E-state index in [2.05, 4.69) is 9.97 Å². The number of phenolic OH excluding ortho intramolecular Hbond substituents is 1. The van der Waals surface area contributed by atoms with Crippen LogP contribution in [0, 0.1) is 0 Å². The van der Waals surface area contributed by atoms with Gasteiger partial charge in [0.1, 0.15) is 5.75 Å². The quantitative estimate of drug-likeness (QED) is 0.695. The van der Waals surface area contributed by atoms with Crippen LogP contribution in [0.25, 0.3) is 11.1 Å². The summed E-state index contributed by atoms with van der Waals surface area (Å²) in [5.41, 5.74) is -0.596. The molecule has 0 atom stereocenters. The highest BCUT2D eigenvalue weighted by Gasteiger charge is 2.08. The van der Waals surface area contributed by atoms with E-state index in [9.17, 15) is 14.7 Å². The molecule has 0 radical (unpaired) electrons. The lowest BCUT2D eigenvalue weighted by Gasteiger charge is -2.03. The van der Waals surface area contributed by atoms with Crippen LogP contribution in [0.2, 0.25) is 5.02 Å². The number of aromatic hydroxyl groups is 1. The van der Waals surface area contributed by atoms with Crippen LogP contribution in [0.5, 0.6) is 5.75 Å². The molecule has 0 aliphatic carbocycles. The second-order valence-electron chi connectivity index (χ2n) is 3.15. The molecule has 0 saturated heterocycles. The third-order valence-electron chi connectivity index (χ3n) is 2.06. The minimum Gasteiger partial charge on any atom is -0.508 e. The van der Waals surface area contributed by atoms with Crippen molar-refractivity contribution in [2.75, 3.05) is 0 Å². The molecular weight excluding hydrogens is 232 g/mol. The van der Waals surface area contributed by atoms with Crippen molar-refractivity contribution in [1.29, 1.82) is 0 Å². The minimum absolute atomic E-state index is 0.00926. The Kier molecular flexibility index (Phi) is 2.54. The third-order valence-corrected chi connectivity index (χ3v) is 2.39. The van der Waals surface area contributed by atoms with Crippen LogP contribution in [-0.4, -0.2) is 15.1 Å². The van der Waals surface area contributed by atoms with Crippen molar-refractivity contribution in [3.05, 3.63) is 50.3 Å². The Hall–Kier alpha value is -2.01. The molecule has 0 amide bonds. The molecule has 5 nitrogen and oxygen atoms in total. The van der Waals surface area contributed by atoms with Gasteiger partial charge in [0.25, 0.3) is 5.56 Å². The molecule has 0 spiro atoms. The van der Waals surface area contributed by atoms with Gasteiger partial charge in [-0.1, -0.05) is 11.6 Å². The summed E-state index contributed by atoms with van der Waals surface area (Å²) in [6.45, 7) is 0. The zero-order valence-corrected chi connectivity index (χ0v) is 8.71. The lowest BCUT2D eigenvalue weighted by atomic mass is 10.1. The van der Waals surface area contributed by atoms with E-state index in [0.29, 0.717) is 10.6 Å². The highest BCUT2D eigenvalue weighted by atomic mass is 35.5. The number of nitrogens with one attached hydrogen (secondary N) is 2. The average molecular weight is 239 g/mol. The number of phenols is 1. The normalized spacial score (nSPS) is 10.3. The van der Waals surface area contributed by atoms with Gasteiger partial charge in [0.15, 0.2) is 0 Å². The number of benzene rings is 1. The summed E-state index contributed by atoms with van der Waals surface area (Å²) in [5, 5.41) is 9.62. The summed E-state index contributed by atoms with van der Waals surface area (Å²) >= 11 is 5.89. The first-order valence-corrected chi connectivity index (χ1v) is 4.76. The van der Waals surface area contributed by atoms with Crippen LogP contribution in [0.15, 0.2) is 34.0 Å². The van der Waals surface area contributed by atoms with Crippen molar-refractivity contribution in [1.82, 2.24) is 9.97 Å². The van der Waals surface area contributed by atoms with Crippen molar-refractivity contribution in [3.63, 3.8) is 0 Å². The van der Waals surface area contributed by atoms with Gasteiger partial charge in [-0.25, -0.2) is 4.79 Å². The van der Waals surface area contributed by atoms with E-state index in [-0.39, 0.29) is 11.3 Å². The molecule has 0 saturated carbocycles. The predicted molar refractivity (Wildman–Crippen MR) is 59.8 cm³/mol. The number of aromatic nitrogens is 2. The lowest BCUT2D eigenvalue weighted by molar-refractivity contribution is 0.475. The van der Waals surface area contributed by atoms with Gasteiger partial charge in [-0.15, -0.1) is 0 Å². The van der Waals surface area contributed by atoms with Gasteiger partial charge in [-0.05, 0) is 18.2 Å². The smallest absolute Gasteiger partial charge is 0.325 e. The maximum Gasteiger partial charge on any atom is 0.325 e. The fourth-order valence-corrected chi connectivity index (χ4v) is 1.55. The Bertz CT molecular complexity index is 645. The van der Waals surface area contributed by atoms with E-state index < -0.39 is 11.2 Å². The second kappa shape index (κ2) is 3.86. The van der Waals surface area contributed by atoms with E-state index in [4.69, 9.17) is 11.6 Å². The van der Waals surface area contributed by atoms with Crippen LogP contribution >= 0.6 is 11.6 Å². The first kappa shape index (κ1) is 10.5. The third kappa shape index (κ3) is 1.85. The summed E-state index contributed by atoms with van der Waals surface area (Å²) < 4.78 is 0. The molecule has 0 unspecified atom stereocenters. The molecule has 2 rings (SSSR count). The molecule has 0 fully saturated rings. The summed E-state index contributed by atoms with van der Waals surface area (Å²) in [5.74, 6) is -0.00926. The zero-order valence-electron chi connectivity index (χ0n) is 7.95. The molecule has 1 aromatic carbocycles. The number of hydrogen-bond donors (Lipinski definition) is 3. The molecular formula is C10H7ClN2O3. The number of aromatic amines is 2. The van der Waals surface area contributed by atoms with Crippen LogP contribution in [0.1, 0.15) is 0 Å². The fourth-order valence-electron chi connectivity index (χ4n) is 1.33. The van der Waals surface area contributed by atoms with Gasteiger partial charge < -0.3 is 10.1 Å². The molecule has 0 bridgehead atoms. The van der Waals surface area contributed by atoms with Gasteiger partial charge in [0, 0.05) is 16.8 Å². The molecule has 0 aliphatic heterocycles. The maximum atomic E-state index is 11.5. The van der Waals surface area contributed by atoms with Gasteiger partial charge in [0.05, 0.1) is 5.56 Å². The first-order valence-electron chi connectivity index (χ1n) is 4.39. The van der Waals surface area contributed by atoms with Crippen molar-refractivity contribution >= 4 is 11.6 Å². The van der Waals surface area contributed by atoms with Crippen LogP contribution in [0.4, 0.5) is 0 Å². The monoisotopic (exact) mass is 238 g/mol. The minimum atomic E-state index is -0.593. The molecule has 1 aromatic heterocycles. The van der Waals surface area contributed by atoms with E-state index in [1.54, 1.807) is 0 Å². The van der Waals surface area contributed by atoms with Gasteiger partial charge in [0.2, 0.25) is 0 Å². The lowest BCUT2D eigenvalue weighted by Crippen LogP contribution is -2.22. The Labute approximate surface area is 94.3 Å². The summed E-state index contributed by atoms with van der Waals surface area (Å²) in [7, 11) is 0. The van der Waals surface area contributed by atoms with Crippen LogP contribution < -0.4 is 11.2 Å². The standard InChI is InChI=1S/C10H7ClN2O3/c11-8-2-1-5(14)3-6(8)7-4-12-10(16)13-9(7)15/h1-4,14H,(H2,12,13,15,16). The molecule has 2 aromatic rings. The molecule has 0 aliphatic rings.